The number of benzene rings is 3. The lowest BCUT2D eigenvalue weighted by atomic mass is 9.98. The number of ketones is 1. The molecule has 164 valence electrons. The van der Waals surface area contributed by atoms with Crippen LogP contribution in [0.3, 0.4) is 0 Å². The molecule has 1 heterocycles. The van der Waals surface area contributed by atoms with E-state index in [-0.39, 0.29) is 5.78 Å². The zero-order valence-electron chi connectivity index (χ0n) is 17.9. The maximum absolute atomic E-state index is 13.6. The molecule has 0 aliphatic heterocycles. The average molecular weight is 650 g/mol. The molecule has 0 saturated carbocycles. The largest absolute Gasteiger partial charge is 0.489 e. The van der Waals surface area contributed by atoms with Gasteiger partial charge in [0.15, 0.2) is 5.78 Å². The van der Waals surface area contributed by atoms with E-state index in [4.69, 9.17) is 9.15 Å². The van der Waals surface area contributed by atoms with Gasteiger partial charge < -0.3 is 9.15 Å². The molecule has 0 bridgehead atoms. The first-order valence-electron chi connectivity index (χ1n) is 10.8. The number of carbonyl (C=O) groups excluding carboxylic acids is 1. The standard InChI is InChI=1S/C27H24I2O3/c1-2-3-5-10-24-26(27(30)19-13-20(28)15-21(29)14-19)23-12-11-22(16-25(23)32-24)31-17-18-8-6-4-7-9-18/h4,6-9,11-16H,2-3,5,10,17H2,1H3. The zero-order chi connectivity index (χ0) is 22.5. The van der Waals surface area contributed by atoms with Crippen molar-refractivity contribution >= 4 is 61.9 Å². The normalized spacial score (nSPS) is 11.1. The van der Waals surface area contributed by atoms with E-state index in [2.05, 4.69) is 58.2 Å². The fraction of sp³-hybridized carbons (Fsp3) is 0.222. The van der Waals surface area contributed by atoms with E-state index in [9.17, 15) is 4.79 Å². The summed E-state index contributed by atoms with van der Waals surface area (Å²) in [6.07, 6.45) is 3.98. The summed E-state index contributed by atoms with van der Waals surface area (Å²) < 4.78 is 14.3. The number of aryl methyl sites for hydroxylation is 1. The molecule has 0 aliphatic carbocycles. The van der Waals surface area contributed by atoms with E-state index >= 15 is 0 Å². The van der Waals surface area contributed by atoms with Crippen LogP contribution in [0.15, 0.2) is 71.1 Å². The fourth-order valence-electron chi connectivity index (χ4n) is 3.75. The van der Waals surface area contributed by atoms with Crippen molar-refractivity contribution in [1.29, 1.82) is 0 Å². The molecule has 0 radical (unpaired) electrons. The quantitative estimate of drug-likeness (QED) is 0.104. The van der Waals surface area contributed by atoms with Gasteiger partial charge in [-0.3, -0.25) is 4.79 Å². The van der Waals surface area contributed by atoms with E-state index in [0.29, 0.717) is 23.3 Å². The van der Waals surface area contributed by atoms with Crippen LogP contribution in [-0.4, -0.2) is 5.78 Å². The third-order valence-electron chi connectivity index (χ3n) is 5.34. The lowest BCUT2D eigenvalue weighted by Crippen LogP contribution is -2.05. The topological polar surface area (TPSA) is 39.4 Å². The zero-order valence-corrected chi connectivity index (χ0v) is 22.2. The smallest absolute Gasteiger partial charge is 0.197 e. The minimum atomic E-state index is 0.0182. The Hall–Kier alpha value is -1.87. The lowest BCUT2D eigenvalue weighted by molar-refractivity contribution is 0.103. The Kier molecular flexibility index (Phi) is 7.88. The first-order chi connectivity index (χ1) is 15.5. The highest BCUT2D eigenvalue weighted by atomic mass is 127. The molecule has 3 aromatic carbocycles. The van der Waals surface area contributed by atoms with E-state index in [1.807, 2.05) is 60.7 Å². The van der Waals surface area contributed by atoms with Crippen LogP contribution in [0.4, 0.5) is 0 Å². The van der Waals surface area contributed by atoms with Gasteiger partial charge in [0.25, 0.3) is 0 Å². The van der Waals surface area contributed by atoms with Gasteiger partial charge in [-0.1, -0.05) is 50.1 Å². The highest BCUT2D eigenvalue weighted by Gasteiger charge is 2.23. The van der Waals surface area contributed by atoms with Crippen LogP contribution in [0.2, 0.25) is 0 Å². The maximum atomic E-state index is 13.6. The van der Waals surface area contributed by atoms with E-state index in [1.54, 1.807) is 0 Å². The molecule has 1 aromatic heterocycles. The number of halogens is 2. The number of fused-ring (bicyclic) bond motifs is 1. The van der Waals surface area contributed by atoms with Crippen LogP contribution in [0.25, 0.3) is 11.0 Å². The second-order valence-corrected chi connectivity index (χ2v) is 10.3. The van der Waals surface area contributed by atoms with Gasteiger partial charge in [0.05, 0.1) is 5.56 Å². The maximum Gasteiger partial charge on any atom is 0.197 e. The predicted octanol–water partition coefficient (Wildman–Crippen LogP) is 8.18. The molecule has 0 amide bonds. The number of rotatable bonds is 9. The molecule has 32 heavy (non-hydrogen) atoms. The molecule has 5 heteroatoms. The molecule has 0 spiro atoms. The molecule has 4 aromatic rings. The molecule has 0 atom stereocenters. The highest BCUT2D eigenvalue weighted by Crippen LogP contribution is 2.33. The minimum Gasteiger partial charge on any atom is -0.489 e. The summed E-state index contributed by atoms with van der Waals surface area (Å²) in [7, 11) is 0. The molecule has 0 unspecified atom stereocenters. The third kappa shape index (κ3) is 5.54. The SMILES string of the molecule is CCCCCc1oc2cc(OCc3ccccc3)ccc2c1C(=O)c1cc(I)cc(I)c1. The van der Waals surface area contributed by atoms with Crippen molar-refractivity contribution in [3.8, 4) is 5.75 Å². The van der Waals surface area contributed by atoms with Crippen LogP contribution >= 0.6 is 45.2 Å². The summed E-state index contributed by atoms with van der Waals surface area (Å²) in [6.45, 7) is 2.66. The fourth-order valence-corrected chi connectivity index (χ4v) is 5.69. The van der Waals surface area contributed by atoms with Gasteiger partial charge in [0, 0.05) is 30.6 Å². The third-order valence-corrected chi connectivity index (χ3v) is 6.59. The highest BCUT2D eigenvalue weighted by molar-refractivity contribution is 14.1. The van der Waals surface area contributed by atoms with Crippen LogP contribution in [0, 0.1) is 7.14 Å². The Bertz CT molecular complexity index is 1210. The Morgan fingerprint density at radius 2 is 1.69 bits per heavy atom. The van der Waals surface area contributed by atoms with Crippen LogP contribution in [-0.2, 0) is 13.0 Å². The first-order valence-corrected chi connectivity index (χ1v) is 12.9. The summed E-state index contributed by atoms with van der Waals surface area (Å²) in [5, 5.41) is 0.849. The van der Waals surface area contributed by atoms with Gasteiger partial charge in [-0.15, -0.1) is 0 Å². The molecular weight excluding hydrogens is 626 g/mol. The molecular formula is C27H24I2O3. The summed E-state index contributed by atoms with van der Waals surface area (Å²) in [5.74, 6) is 1.52. The second-order valence-electron chi connectivity index (χ2n) is 7.78. The summed E-state index contributed by atoms with van der Waals surface area (Å²) >= 11 is 4.52. The molecule has 4 rings (SSSR count). The van der Waals surface area contributed by atoms with Crippen molar-refractivity contribution in [3.63, 3.8) is 0 Å². The van der Waals surface area contributed by atoms with Crippen molar-refractivity contribution in [2.45, 2.75) is 39.2 Å². The van der Waals surface area contributed by atoms with Crippen LogP contribution in [0.1, 0.15) is 53.4 Å². The van der Waals surface area contributed by atoms with E-state index < -0.39 is 0 Å². The summed E-state index contributed by atoms with van der Waals surface area (Å²) in [6, 6.07) is 21.8. The average Bonchev–Trinajstić information content (AvgIpc) is 3.15. The minimum absolute atomic E-state index is 0.0182. The Morgan fingerprint density at radius 3 is 2.41 bits per heavy atom. The predicted molar refractivity (Wildman–Crippen MR) is 146 cm³/mol. The Balaban J connectivity index is 1.68. The van der Waals surface area contributed by atoms with Crippen molar-refractivity contribution in [2.75, 3.05) is 0 Å². The summed E-state index contributed by atoms with van der Waals surface area (Å²) in [5.41, 5.74) is 3.19. The molecule has 3 nitrogen and oxygen atoms in total. The molecule has 0 N–H and O–H groups in total. The van der Waals surface area contributed by atoms with E-state index in [1.165, 1.54) is 0 Å². The monoisotopic (exact) mass is 650 g/mol. The number of unbranched alkanes of at least 4 members (excludes halogenated alkanes) is 2. The van der Waals surface area contributed by atoms with Gasteiger partial charge in [-0.05, 0) is 87.5 Å². The summed E-state index contributed by atoms with van der Waals surface area (Å²) in [4.78, 5) is 13.6. The molecule has 0 aliphatic rings. The lowest BCUT2D eigenvalue weighted by Gasteiger charge is -2.06. The van der Waals surface area contributed by atoms with Crippen LogP contribution in [0.5, 0.6) is 5.75 Å². The Labute approximate surface area is 215 Å². The van der Waals surface area contributed by atoms with Gasteiger partial charge in [0.1, 0.15) is 23.7 Å². The number of ether oxygens (including phenoxy) is 1. The van der Waals surface area contributed by atoms with Crippen molar-refractivity contribution in [1.82, 2.24) is 0 Å². The number of hydrogen-bond acceptors (Lipinski definition) is 3. The van der Waals surface area contributed by atoms with Crippen molar-refractivity contribution in [2.24, 2.45) is 0 Å². The van der Waals surface area contributed by atoms with Gasteiger partial charge in [-0.2, -0.15) is 0 Å². The number of furan rings is 1. The molecule has 0 saturated heterocycles. The first kappa shape index (κ1) is 23.3. The van der Waals surface area contributed by atoms with Gasteiger partial charge in [-0.25, -0.2) is 0 Å². The van der Waals surface area contributed by atoms with E-state index in [0.717, 1.165) is 55.3 Å². The van der Waals surface area contributed by atoms with Crippen molar-refractivity contribution < 1.29 is 13.9 Å². The second kappa shape index (κ2) is 10.8. The Morgan fingerprint density at radius 1 is 0.938 bits per heavy atom. The van der Waals surface area contributed by atoms with Crippen LogP contribution < -0.4 is 4.74 Å². The molecule has 0 fully saturated rings. The van der Waals surface area contributed by atoms with Gasteiger partial charge in [0.2, 0.25) is 0 Å². The van der Waals surface area contributed by atoms with Gasteiger partial charge >= 0.3 is 0 Å². The number of carbonyl (C=O) groups is 1. The number of hydrogen-bond donors (Lipinski definition) is 0. The van der Waals surface area contributed by atoms with Crippen molar-refractivity contribution in [3.05, 3.63) is 96.3 Å².